The fourth-order valence-electron chi connectivity index (χ4n) is 11.5. The molecule has 0 aromatic carbocycles. The van der Waals surface area contributed by atoms with Crippen molar-refractivity contribution >= 4 is 5.97 Å². The number of hydrogen-bond donors (Lipinski definition) is 2. The molecule has 0 aromatic heterocycles. The predicted molar refractivity (Wildman–Crippen MR) is 191 cm³/mol. The van der Waals surface area contributed by atoms with E-state index in [0.717, 1.165) is 25.7 Å². The Bertz CT molecular complexity index is 1290. The average molecular weight is 761 g/mol. The third-order valence-corrected chi connectivity index (χ3v) is 15.1. The van der Waals surface area contributed by atoms with Crippen molar-refractivity contribution in [1.29, 1.82) is 0 Å². The van der Waals surface area contributed by atoms with E-state index >= 15 is 0 Å². The standard InChI is InChI=1S/C41H70O11.Na/c1-20-17-21(2)32(47-28(20)9)30-18-22(3)36(48-30)39(11)14-13-31(49-39)38(10)15-16-40(52-38)19-29(42)23(4)33(50-40)24(5)34-25(6)35(46-12)26(7)41(45,51-34)27(8)37(43)44;/h20-36,42,45H,13-19H2,1-12H3,(H,43,44);/q;+1/p-1. The molecule has 21 atom stereocenters. The Hall–Kier alpha value is 0.110. The van der Waals surface area contributed by atoms with Gasteiger partial charge in [0.25, 0.3) is 0 Å². The number of aliphatic carboxylic acids is 1. The third kappa shape index (κ3) is 7.85. The van der Waals surface area contributed by atoms with Crippen LogP contribution in [-0.4, -0.2) is 101 Å². The van der Waals surface area contributed by atoms with Crippen molar-refractivity contribution in [1.82, 2.24) is 0 Å². The first-order chi connectivity index (χ1) is 24.2. The van der Waals surface area contributed by atoms with Crippen LogP contribution in [-0.2, 0) is 38.0 Å². The van der Waals surface area contributed by atoms with Gasteiger partial charge in [0.2, 0.25) is 0 Å². The number of aliphatic hydroxyl groups excluding tert-OH is 1. The summed E-state index contributed by atoms with van der Waals surface area (Å²) in [5.74, 6) is -5.82. The smallest absolute Gasteiger partial charge is 0.550 e. The molecule has 0 aromatic rings. The minimum atomic E-state index is -2.01. The Kier molecular flexibility index (Phi) is 13.4. The van der Waals surface area contributed by atoms with Crippen LogP contribution < -0.4 is 34.7 Å². The second-order valence-electron chi connectivity index (χ2n) is 18.9. The van der Waals surface area contributed by atoms with Crippen LogP contribution in [0.4, 0.5) is 0 Å². The van der Waals surface area contributed by atoms with Crippen LogP contribution in [0.15, 0.2) is 0 Å². The first-order valence-electron chi connectivity index (χ1n) is 20.4. The molecular formula is C41H69NaO11. The maximum atomic E-state index is 12.0. The van der Waals surface area contributed by atoms with Crippen molar-refractivity contribution in [3.05, 3.63) is 0 Å². The SMILES string of the molecule is COC1C(C)C(C(C)C2OC3(CCC(C)(C4CCC(C)(C5OC(C6OC(C)C(C)CC6C)CC5C)O4)O3)CC(O)C2C)OC(O)(C(C)C(=O)[O-])C1C.[Na+]. The van der Waals surface area contributed by atoms with Crippen LogP contribution in [0.2, 0.25) is 0 Å². The first-order valence-corrected chi connectivity index (χ1v) is 20.4. The van der Waals surface area contributed by atoms with Gasteiger partial charge in [-0.1, -0.05) is 55.4 Å². The summed E-state index contributed by atoms with van der Waals surface area (Å²) in [6.07, 6.45) is 3.34. The van der Waals surface area contributed by atoms with E-state index < -0.39 is 65.0 Å². The zero-order chi connectivity index (χ0) is 38.3. The molecule has 0 aliphatic carbocycles. The maximum Gasteiger partial charge on any atom is 1.00 e. The molecular weight excluding hydrogens is 691 g/mol. The molecule has 6 aliphatic rings. The molecule has 6 aliphatic heterocycles. The second-order valence-corrected chi connectivity index (χ2v) is 18.9. The van der Waals surface area contributed by atoms with E-state index in [-0.39, 0.29) is 77.8 Å². The molecule has 300 valence electrons. The largest absolute Gasteiger partial charge is 1.00 e. The van der Waals surface area contributed by atoms with Crippen LogP contribution in [0.5, 0.6) is 0 Å². The summed E-state index contributed by atoms with van der Waals surface area (Å²) in [7, 11) is 1.57. The van der Waals surface area contributed by atoms with E-state index in [1.54, 1.807) is 14.0 Å². The summed E-state index contributed by atoms with van der Waals surface area (Å²) in [5.41, 5.74) is -1.09. The van der Waals surface area contributed by atoms with Crippen molar-refractivity contribution in [2.75, 3.05) is 7.11 Å². The molecule has 11 nitrogen and oxygen atoms in total. The van der Waals surface area contributed by atoms with Gasteiger partial charge in [-0.2, -0.15) is 0 Å². The molecule has 0 saturated carbocycles. The molecule has 1 spiro atoms. The minimum absolute atomic E-state index is 0. The molecule has 0 radical (unpaired) electrons. The van der Waals surface area contributed by atoms with E-state index in [9.17, 15) is 20.1 Å². The van der Waals surface area contributed by atoms with Crippen molar-refractivity contribution in [2.45, 2.75) is 199 Å². The van der Waals surface area contributed by atoms with E-state index in [2.05, 4.69) is 41.5 Å². The first kappa shape index (κ1) is 44.2. The van der Waals surface area contributed by atoms with Crippen molar-refractivity contribution in [3.8, 4) is 0 Å². The summed E-state index contributed by atoms with van der Waals surface area (Å²) >= 11 is 0. The molecule has 2 N–H and O–H groups in total. The summed E-state index contributed by atoms with van der Waals surface area (Å²) < 4.78 is 46.7. The van der Waals surface area contributed by atoms with Gasteiger partial charge >= 0.3 is 29.6 Å². The molecule has 6 fully saturated rings. The zero-order valence-electron chi connectivity index (χ0n) is 34.8. The van der Waals surface area contributed by atoms with Gasteiger partial charge in [0.15, 0.2) is 11.6 Å². The van der Waals surface area contributed by atoms with Gasteiger partial charge in [0.1, 0.15) is 0 Å². The van der Waals surface area contributed by atoms with Crippen molar-refractivity contribution in [3.63, 3.8) is 0 Å². The van der Waals surface area contributed by atoms with Gasteiger partial charge in [0, 0.05) is 49.6 Å². The molecule has 6 saturated heterocycles. The Labute approximate surface area is 340 Å². The topological polar surface area (TPSA) is 145 Å². The van der Waals surface area contributed by atoms with Crippen molar-refractivity contribution < 1.29 is 82.8 Å². The van der Waals surface area contributed by atoms with Gasteiger partial charge in [-0.25, -0.2) is 0 Å². The van der Waals surface area contributed by atoms with Gasteiger partial charge in [0.05, 0.1) is 72.1 Å². The number of carboxylic acid groups (broad SMARTS) is 1. The van der Waals surface area contributed by atoms with E-state index in [1.165, 1.54) is 6.92 Å². The minimum Gasteiger partial charge on any atom is -0.550 e. The van der Waals surface area contributed by atoms with Gasteiger partial charge in [-0.05, 0) is 70.6 Å². The Morgan fingerprint density at radius 2 is 1.51 bits per heavy atom. The number of rotatable bonds is 8. The monoisotopic (exact) mass is 760 g/mol. The summed E-state index contributed by atoms with van der Waals surface area (Å²) in [4.78, 5) is 12.0. The van der Waals surface area contributed by atoms with E-state index in [1.807, 2.05) is 20.8 Å². The van der Waals surface area contributed by atoms with Crippen LogP contribution >= 0.6 is 0 Å². The Morgan fingerprint density at radius 3 is 2.15 bits per heavy atom. The summed E-state index contributed by atoms with van der Waals surface area (Å²) in [6.45, 7) is 22.4. The molecule has 0 amide bonds. The number of methoxy groups -OCH3 is 1. The summed E-state index contributed by atoms with van der Waals surface area (Å²) in [5, 5.41) is 35.2. The van der Waals surface area contributed by atoms with Gasteiger partial charge < -0.3 is 53.3 Å². The number of aliphatic hydroxyl groups is 2. The van der Waals surface area contributed by atoms with Gasteiger partial charge in [-0.3, -0.25) is 0 Å². The summed E-state index contributed by atoms with van der Waals surface area (Å²) in [6, 6.07) is 0. The van der Waals surface area contributed by atoms with E-state index in [4.69, 9.17) is 33.2 Å². The Morgan fingerprint density at radius 1 is 0.849 bits per heavy atom. The average Bonchev–Trinajstić information content (AvgIpc) is 3.78. The number of carbonyl (C=O) groups is 1. The van der Waals surface area contributed by atoms with E-state index in [0.29, 0.717) is 37.0 Å². The van der Waals surface area contributed by atoms with Gasteiger partial charge in [-0.15, -0.1) is 0 Å². The molecule has 53 heavy (non-hydrogen) atoms. The van der Waals surface area contributed by atoms with Crippen LogP contribution in [0.1, 0.15) is 121 Å². The number of carboxylic acids is 1. The molecule has 6 rings (SSSR count). The maximum absolute atomic E-state index is 12.0. The fourth-order valence-corrected chi connectivity index (χ4v) is 11.5. The zero-order valence-corrected chi connectivity index (χ0v) is 36.8. The molecule has 0 bridgehead atoms. The van der Waals surface area contributed by atoms with Crippen LogP contribution in [0.25, 0.3) is 0 Å². The molecule has 12 heteroatoms. The van der Waals surface area contributed by atoms with Crippen LogP contribution in [0, 0.1) is 47.3 Å². The predicted octanol–water partition coefficient (Wildman–Crippen LogP) is 1.62. The van der Waals surface area contributed by atoms with Crippen molar-refractivity contribution in [2.24, 2.45) is 47.3 Å². The number of hydrogen-bond acceptors (Lipinski definition) is 11. The normalized spacial score (nSPS) is 54.4. The number of ether oxygens (including phenoxy) is 7. The molecule has 6 heterocycles. The molecule has 21 unspecified atom stereocenters. The second kappa shape index (κ2) is 16.0. The van der Waals surface area contributed by atoms with Crippen LogP contribution in [0.3, 0.4) is 0 Å². The fraction of sp³-hybridized carbons (Fsp3) is 0.976. The number of carbonyl (C=O) groups excluding carboxylic acids is 1. The quantitative estimate of drug-likeness (QED) is 0.349. The third-order valence-electron chi connectivity index (χ3n) is 15.1. The Balaban J connectivity index is 0.00000541.